The molecule has 1 aromatic heterocycles. The highest BCUT2D eigenvalue weighted by atomic mass is 16.7. The summed E-state index contributed by atoms with van der Waals surface area (Å²) in [6.07, 6.45) is 3.66. The fraction of sp³-hybridized carbons (Fsp3) is 0.533. The molecule has 21 heavy (non-hydrogen) atoms. The molecule has 0 unspecified atom stereocenters. The number of pyridine rings is 1. The van der Waals surface area contributed by atoms with E-state index in [0.717, 1.165) is 11.0 Å². The molecule has 2 N–H and O–H groups in total. The summed E-state index contributed by atoms with van der Waals surface area (Å²) in [5, 5.41) is 3.13. The van der Waals surface area contributed by atoms with Crippen LogP contribution in [0.25, 0.3) is 6.08 Å². The minimum Gasteiger partial charge on any atom is -0.400 e. The number of likely N-dealkylation sites (N-methyl/N-ethyl adjacent to an activating group) is 1. The summed E-state index contributed by atoms with van der Waals surface area (Å²) in [7, 11) is 1.49. The van der Waals surface area contributed by atoms with Gasteiger partial charge >= 0.3 is 7.12 Å². The predicted octanol–water partition coefficient (Wildman–Crippen LogP) is 1.61. The standard InChI is InChI=1S/C15H23BN2O3/c1-14(2)15(3,4)21-16(20-14)12(10-17-5)8-11-6-7-13(19)18-9-11/h6-9,17H,10H2,1-5H3,(H,18,19). The highest BCUT2D eigenvalue weighted by Crippen LogP contribution is 2.38. The fourth-order valence-corrected chi connectivity index (χ4v) is 2.13. The first-order valence-corrected chi connectivity index (χ1v) is 7.14. The Morgan fingerprint density at radius 1 is 1.29 bits per heavy atom. The van der Waals surface area contributed by atoms with Crippen LogP contribution in [0.1, 0.15) is 33.3 Å². The third-order valence-electron chi connectivity index (χ3n) is 4.10. The summed E-state index contributed by atoms with van der Waals surface area (Å²) in [6, 6.07) is 3.28. The first kappa shape index (κ1) is 16.0. The molecule has 1 aromatic rings. The van der Waals surface area contributed by atoms with E-state index in [1.807, 2.05) is 40.8 Å². The molecule has 2 rings (SSSR count). The van der Waals surface area contributed by atoms with Gasteiger partial charge in [-0.05, 0) is 51.8 Å². The van der Waals surface area contributed by atoms with Crippen molar-refractivity contribution < 1.29 is 9.31 Å². The minimum absolute atomic E-state index is 0.113. The molecule has 0 radical (unpaired) electrons. The topological polar surface area (TPSA) is 63.4 Å². The van der Waals surface area contributed by atoms with E-state index in [9.17, 15) is 4.79 Å². The molecule has 1 fully saturated rings. The van der Waals surface area contributed by atoms with Crippen LogP contribution in [0.4, 0.5) is 0 Å². The van der Waals surface area contributed by atoms with Gasteiger partial charge < -0.3 is 19.6 Å². The second-order valence-corrected chi connectivity index (χ2v) is 6.32. The molecule has 0 saturated carbocycles. The van der Waals surface area contributed by atoms with Gasteiger partial charge in [-0.3, -0.25) is 4.79 Å². The summed E-state index contributed by atoms with van der Waals surface area (Å²) in [5.74, 6) is 0. The van der Waals surface area contributed by atoms with Gasteiger partial charge in [-0.2, -0.15) is 0 Å². The summed E-state index contributed by atoms with van der Waals surface area (Å²) in [4.78, 5) is 13.8. The molecule has 0 spiro atoms. The van der Waals surface area contributed by atoms with Gasteiger partial charge in [0.15, 0.2) is 0 Å². The van der Waals surface area contributed by atoms with Crippen LogP contribution in [-0.2, 0) is 9.31 Å². The zero-order valence-electron chi connectivity index (χ0n) is 13.3. The predicted molar refractivity (Wildman–Crippen MR) is 85.0 cm³/mol. The third kappa shape index (κ3) is 3.45. The van der Waals surface area contributed by atoms with Crippen LogP contribution in [0.2, 0.25) is 0 Å². The van der Waals surface area contributed by atoms with E-state index < -0.39 is 7.12 Å². The molecule has 6 heteroatoms. The van der Waals surface area contributed by atoms with Crippen LogP contribution < -0.4 is 10.9 Å². The Kier molecular flexibility index (Phi) is 4.42. The van der Waals surface area contributed by atoms with E-state index >= 15 is 0 Å². The number of rotatable bonds is 4. The van der Waals surface area contributed by atoms with Crippen molar-refractivity contribution >= 4 is 13.2 Å². The van der Waals surface area contributed by atoms with Crippen LogP contribution in [0.3, 0.4) is 0 Å². The third-order valence-corrected chi connectivity index (χ3v) is 4.10. The van der Waals surface area contributed by atoms with Gasteiger partial charge in [0.2, 0.25) is 5.56 Å². The second-order valence-electron chi connectivity index (χ2n) is 6.32. The van der Waals surface area contributed by atoms with Crippen LogP contribution in [0.5, 0.6) is 0 Å². The monoisotopic (exact) mass is 290 g/mol. The molecule has 0 bridgehead atoms. The van der Waals surface area contributed by atoms with E-state index in [1.165, 1.54) is 6.07 Å². The van der Waals surface area contributed by atoms with Crippen LogP contribution >= 0.6 is 0 Å². The Balaban J connectivity index is 2.28. The first-order chi connectivity index (χ1) is 9.75. The molecule has 0 aliphatic carbocycles. The largest absolute Gasteiger partial charge is 0.491 e. The van der Waals surface area contributed by atoms with Crippen LogP contribution in [0, 0.1) is 0 Å². The van der Waals surface area contributed by atoms with E-state index in [-0.39, 0.29) is 16.8 Å². The lowest BCUT2D eigenvalue weighted by Gasteiger charge is -2.32. The molecule has 1 aliphatic heterocycles. The molecule has 0 atom stereocenters. The number of hydrogen-bond donors (Lipinski definition) is 2. The lowest BCUT2D eigenvalue weighted by Crippen LogP contribution is -2.41. The van der Waals surface area contributed by atoms with Gasteiger partial charge in [0.1, 0.15) is 0 Å². The maximum atomic E-state index is 11.1. The summed E-state index contributed by atoms with van der Waals surface area (Å²) < 4.78 is 12.1. The maximum absolute atomic E-state index is 11.1. The number of aromatic amines is 1. The van der Waals surface area contributed by atoms with Crippen molar-refractivity contribution in [3.8, 4) is 0 Å². The van der Waals surface area contributed by atoms with Gasteiger partial charge in [-0.1, -0.05) is 6.08 Å². The van der Waals surface area contributed by atoms with Gasteiger partial charge in [0.25, 0.3) is 0 Å². The van der Waals surface area contributed by atoms with E-state index in [4.69, 9.17) is 9.31 Å². The van der Waals surface area contributed by atoms with Gasteiger partial charge in [0.05, 0.1) is 11.2 Å². The highest BCUT2D eigenvalue weighted by molar-refractivity contribution is 6.55. The first-order valence-electron chi connectivity index (χ1n) is 7.14. The van der Waals surface area contributed by atoms with Crippen LogP contribution in [-0.4, -0.2) is 36.9 Å². The van der Waals surface area contributed by atoms with E-state index in [0.29, 0.717) is 6.54 Å². The average Bonchev–Trinajstić information content (AvgIpc) is 2.60. The van der Waals surface area contributed by atoms with Crippen molar-refractivity contribution in [2.45, 2.75) is 38.9 Å². The minimum atomic E-state index is -0.394. The molecule has 0 amide bonds. The molecule has 0 aromatic carbocycles. The summed E-state index contributed by atoms with van der Waals surface area (Å²) in [5.41, 5.74) is 1.06. The SMILES string of the molecule is CNCC(=Cc1ccc(=O)[nH]c1)B1OC(C)(C)C(C)(C)O1. The van der Waals surface area contributed by atoms with Gasteiger partial charge in [0, 0.05) is 18.8 Å². The smallest absolute Gasteiger partial charge is 0.400 e. The van der Waals surface area contributed by atoms with Crippen molar-refractivity contribution in [2.24, 2.45) is 0 Å². The molecule has 2 heterocycles. The summed E-state index contributed by atoms with van der Waals surface area (Å²) >= 11 is 0. The Labute approximate surface area is 125 Å². The highest BCUT2D eigenvalue weighted by Gasteiger charge is 2.52. The van der Waals surface area contributed by atoms with Crippen LogP contribution in [0.15, 0.2) is 28.6 Å². The molecular weight excluding hydrogens is 267 g/mol. The zero-order valence-corrected chi connectivity index (χ0v) is 13.3. The van der Waals surface area contributed by atoms with Crippen molar-refractivity contribution in [3.05, 3.63) is 39.7 Å². The van der Waals surface area contributed by atoms with Crippen molar-refractivity contribution in [3.63, 3.8) is 0 Å². The Morgan fingerprint density at radius 3 is 2.38 bits per heavy atom. The zero-order chi connectivity index (χ0) is 15.7. The van der Waals surface area contributed by atoms with Crippen molar-refractivity contribution in [2.75, 3.05) is 13.6 Å². The number of hydrogen-bond acceptors (Lipinski definition) is 4. The van der Waals surface area contributed by atoms with E-state index in [2.05, 4.69) is 10.3 Å². The molecular formula is C15H23BN2O3. The molecule has 1 saturated heterocycles. The number of aromatic nitrogens is 1. The molecule has 5 nitrogen and oxygen atoms in total. The fourth-order valence-electron chi connectivity index (χ4n) is 2.13. The Hall–Kier alpha value is -1.37. The molecule has 1 aliphatic rings. The molecule has 114 valence electrons. The van der Waals surface area contributed by atoms with Gasteiger partial charge in [-0.25, -0.2) is 0 Å². The van der Waals surface area contributed by atoms with E-state index in [1.54, 1.807) is 12.3 Å². The maximum Gasteiger partial charge on any atom is 0.491 e. The normalized spacial score (nSPS) is 20.8. The average molecular weight is 290 g/mol. The quantitative estimate of drug-likeness (QED) is 0.827. The van der Waals surface area contributed by atoms with Crippen molar-refractivity contribution in [1.29, 1.82) is 0 Å². The van der Waals surface area contributed by atoms with Crippen molar-refractivity contribution in [1.82, 2.24) is 10.3 Å². The summed E-state index contributed by atoms with van der Waals surface area (Å²) in [6.45, 7) is 8.78. The second kappa shape index (κ2) is 5.79. The lowest BCUT2D eigenvalue weighted by atomic mass is 9.77. The number of H-pyrrole nitrogens is 1. The number of nitrogens with one attached hydrogen (secondary N) is 2. The Bertz CT molecular complexity index is 556. The Morgan fingerprint density at radius 2 is 1.90 bits per heavy atom. The van der Waals surface area contributed by atoms with Gasteiger partial charge in [-0.15, -0.1) is 0 Å². The lowest BCUT2D eigenvalue weighted by molar-refractivity contribution is 0.00578.